The van der Waals surface area contributed by atoms with Gasteiger partial charge in [-0.25, -0.2) is 0 Å². The molecule has 0 amide bonds. The number of aryl methyl sites for hydroxylation is 1. The molecular formula is C14H18ClN3O. The van der Waals surface area contributed by atoms with Crippen LogP contribution < -0.4 is 5.32 Å². The van der Waals surface area contributed by atoms with Gasteiger partial charge >= 0.3 is 0 Å². The largest absolute Gasteiger partial charge is 0.421 e. The molecule has 0 saturated carbocycles. The van der Waals surface area contributed by atoms with Gasteiger partial charge in [0.1, 0.15) is 0 Å². The summed E-state index contributed by atoms with van der Waals surface area (Å²) in [6.07, 6.45) is 1.75. The SMILES string of the molecule is CC(C)NCCCc1nnc(-c2ccccc2Cl)o1. The van der Waals surface area contributed by atoms with Gasteiger partial charge in [0, 0.05) is 12.5 Å². The minimum absolute atomic E-state index is 0.484. The Kier molecular flexibility index (Phi) is 4.93. The maximum absolute atomic E-state index is 6.09. The Hall–Kier alpha value is -1.39. The second-order valence-corrected chi connectivity index (χ2v) is 5.10. The molecule has 1 aromatic carbocycles. The molecule has 2 rings (SSSR count). The summed E-state index contributed by atoms with van der Waals surface area (Å²) in [6.45, 7) is 5.20. The summed E-state index contributed by atoms with van der Waals surface area (Å²) >= 11 is 6.09. The Labute approximate surface area is 118 Å². The monoisotopic (exact) mass is 279 g/mol. The first-order valence-electron chi connectivity index (χ1n) is 6.47. The van der Waals surface area contributed by atoms with Crippen molar-refractivity contribution in [1.29, 1.82) is 0 Å². The van der Waals surface area contributed by atoms with Crippen LogP contribution in [0.4, 0.5) is 0 Å². The number of nitrogens with zero attached hydrogens (tertiary/aromatic N) is 2. The van der Waals surface area contributed by atoms with Crippen LogP contribution >= 0.6 is 11.6 Å². The molecule has 0 radical (unpaired) electrons. The number of aromatic nitrogens is 2. The predicted molar refractivity (Wildman–Crippen MR) is 76.2 cm³/mol. The molecule has 2 aromatic rings. The summed E-state index contributed by atoms with van der Waals surface area (Å²) in [4.78, 5) is 0. The quantitative estimate of drug-likeness (QED) is 0.824. The number of nitrogens with one attached hydrogen (secondary N) is 1. The molecule has 0 spiro atoms. The highest BCUT2D eigenvalue weighted by atomic mass is 35.5. The third kappa shape index (κ3) is 4.04. The number of hydrogen-bond acceptors (Lipinski definition) is 4. The highest BCUT2D eigenvalue weighted by Crippen LogP contribution is 2.26. The van der Waals surface area contributed by atoms with E-state index in [1.807, 2.05) is 24.3 Å². The molecule has 0 atom stereocenters. The van der Waals surface area contributed by atoms with Crippen molar-refractivity contribution in [1.82, 2.24) is 15.5 Å². The standard InChI is InChI=1S/C14H18ClN3O/c1-10(2)16-9-5-8-13-17-18-14(19-13)11-6-3-4-7-12(11)15/h3-4,6-7,10,16H,5,8-9H2,1-2H3. The third-order valence-corrected chi connectivity index (χ3v) is 3.02. The van der Waals surface area contributed by atoms with Gasteiger partial charge in [-0.15, -0.1) is 10.2 Å². The lowest BCUT2D eigenvalue weighted by atomic mass is 10.2. The molecule has 1 aromatic heterocycles. The molecule has 0 aliphatic rings. The van der Waals surface area contributed by atoms with Crippen molar-refractivity contribution >= 4 is 11.6 Å². The maximum Gasteiger partial charge on any atom is 0.249 e. The van der Waals surface area contributed by atoms with Gasteiger partial charge in [-0.2, -0.15) is 0 Å². The van der Waals surface area contributed by atoms with E-state index in [4.69, 9.17) is 16.0 Å². The maximum atomic E-state index is 6.09. The average Bonchev–Trinajstić information content (AvgIpc) is 2.83. The van der Waals surface area contributed by atoms with Crippen molar-refractivity contribution in [2.24, 2.45) is 0 Å². The van der Waals surface area contributed by atoms with Gasteiger partial charge in [0.25, 0.3) is 0 Å². The zero-order chi connectivity index (χ0) is 13.7. The molecule has 19 heavy (non-hydrogen) atoms. The predicted octanol–water partition coefficient (Wildman–Crippen LogP) is 3.32. The highest BCUT2D eigenvalue weighted by Gasteiger charge is 2.10. The Bertz CT molecular complexity index is 525. The van der Waals surface area contributed by atoms with E-state index in [2.05, 4.69) is 29.4 Å². The smallest absolute Gasteiger partial charge is 0.249 e. The number of rotatable bonds is 6. The fourth-order valence-electron chi connectivity index (χ4n) is 1.73. The normalized spacial score (nSPS) is 11.2. The first-order valence-corrected chi connectivity index (χ1v) is 6.85. The van der Waals surface area contributed by atoms with E-state index in [-0.39, 0.29) is 0 Å². The van der Waals surface area contributed by atoms with Crippen molar-refractivity contribution < 1.29 is 4.42 Å². The molecule has 0 bridgehead atoms. The van der Waals surface area contributed by atoms with Crippen LogP contribution in [0.5, 0.6) is 0 Å². The summed E-state index contributed by atoms with van der Waals surface area (Å²) in [5.74, 6) is 1.14. The van der Waals surface area contributed by atoms with Gasteiger partial charge in [-0.3, -0.25) is 0 Å². The average molecular weight is 280 g/mol. The van der Waals surface area contributed by atoms with Crippen LogP contribution in [0.3, 0.4) is 0 Å². The minimum atomic E-state index is 0.484. The Morgan fingerprint density at radius 3 is 2.79 bits per heavy atom. The molecular weight excluding hydrogens is 262 g/mol. The van der Waals surface area contributed by atoms with E-state index in [1.165, 1.54) is 0 Å². The minimum Gasteiger partial charge on any atom is -0.421 e. The van der Waals surface area contributed by atoms with Crippen molar-refractivity contribution in [3.05, 3.63) is 35.2 Å². The molecule has 1 heterocycles. The van der Waals surface area contributed by atoms with Gasteiger partial charge in [0.15, 0.2) is 0 Å². The molecule has 0 unspecified atom stereocenters. The Morgan fingerprint density at radius 2 is 2.05 bits per heavy atom. The molecule has 1 N–H and O–H groups in total. The zero-order valence-corrected chi connectivity index (χ0v) is 11.9. The van der Waals surface area contributed by atoms with Gasteiger partial charge in [0.05, 0.1) is 10.6 Å². The van der Waals surface area contributed by atoms with E-state index >= 15 is 0 Å². The molecule has 0 saturated heterocycles. The van der Waals surface area contributed by atoms with Crippen molar-refractivity contribution in [3.63, 3.8) is 0 Å². The molecule has 5 heteroatoms. The van der Waals surface area contributed by atoms with Crippen LogP contribution in [0.25, 0.3) is 11.5 Å². The van der Waals surface area contributed by atoms with Crippen molar-refractivity contribution in [2.75, 3.05) is 6.54 Å². The van der Waals surface area contributed by atoms with E-state index in [0.29, 0.717) is 22.8 Å². The van der Waals surface area contributed by atoms with E-state index in [1.54, 1.807) is 0 Å². The van der Waals surface area contributed by atoms with Crippen LogP contribution in [-0.4, -0.2) is 22.8 Å². The van der Waals surface area contributed by atoms with Crippen LogP contribution in [0, 0.1) is 0 Å². The number of benzene rings is 1. The summed E-state index contributed by atoms with van der Waals surface area (Å²) in [5, 5.41) is 12.1. The zero-order valence-electron chi connectivity index (χ0n) is 11.2. The first-order chi connectivity index (χ1) is 9.16. The van der Waals surface area contributed by atoms with Crippen molar-refractivity contribution in [3.8, 4) is 11.5 Å². The molecule has 0 aliphatic carbocycles. The fraction of sp³-hybridized carbons (Fsp3) is 0.429. The Morgan fingerprint density at radius 1 is 1.26 bits per heavy atom. The van der Waals surface area contributed by atoms with Gasteiger partial charge in [-0.05, 0) is 25.1 Å². The summed E-state index contributed by atoms with van der Waals surface area (Å²) in [5.41, 5.74) is 0.781. The summed E-state index contributed by atoms with van der Waals surface area (Å²) in [7, 11) is 0. The Balaban J connectivity index is 1.94. The fourth-order valence-corrected chi connectivity index (χ4v) is 1.95. The molecule has 0 fully saturated rings. The summed E-state index contributed by atoms with van der Waals surface area (Å²) in [6, 6.07) is 7.97. The van der Waals surface area contributed by atoms with Crippen LogP contribution in [0.15, 0.2) is 28.7 Å². The second kappa shape index (κ2) is 6.68. The second-order valence-electron chi connectivity index (χ2n) is 4.69. The van der Waals surface area contributed by atoms with Crippen molar-refractivity contribution in [2.45, 2.75) is 32.7 Å². The third-order valence-electron chi connectivity index (χ3n) is 2.69. The number of halogens is 1. The first kappa shape index (κ1) is 14.0. The van der Waals surface area contributed by atoms with Gasteiger partial charge in [-0.1, -0.05) is 37.6 Å². The highest BCUT2D eigenvalue weighted by molar-refractivity contribution is 6.33. The van der Waals surface area contributed by atoms with E-state index in [0.717, 1.165) is 24.9 Å². The summed E-state index contributed by atoms with van der Waals surface area (Å²) < 4.78 is 5.62. The lowest BCUT2D eigenvalue weighted by Gasteiger charge is -2.05. The lowest BCUT2D eigenvalue weighted by Crippen LogP contribution is -2.23. The van der Waals surface area contributed by atoms with E-state index in [9.17, 15) is 0 Å². The molecule has 0 aliphatic heterocycles. The van der Waals surface area contributed by atoms with Gasteiger partial charge in [0.2, 0.25) is 11.8 Å². The lowest BCUT2D eigenvalue weighted by molar-refractivity contribution is 0.484. The van der Waals surface area contributed by atoms with Crippen LogP contribution in [0.2, 0.25) is 5.02 Å². The number of hydrogen-bond donors (Lipinski definition) is 1. The van der Waals surface area contributed by atoms with Gasteiger partial charge < -0.3 is 9.73 Å². The molecule has 102 valence electrons. The van der Waals surface area contributed by atoms with Crippen LogP contribution in [-0.2, 0) is 6.42 Å². The van der Waals surface area contributed by atoms with Crippen LogP contribution in [0.1, 0.15) is 26.2 Å². The topological polar surface area (TPSA) is 51.0 Å². The van der Waals surface area contributed by atoms with E-state index < -0.39 is 0 Å². The molecule has 4 nitrogen and oxygen atoms in total.